The van der Waals surface area contributed by atoms with Crippen LogP contribution < -0.4 is 0 Å². The zero-order chi connectivity index (χ0) is 14.5. The van der Waals surface area contributed by atoms with Gasteiger partial charge in [0.15, 0.2) is 0 Å². The van der Waals surface area contributed by atoms with Crippen LogP contribution >= 0.6 is 11.6 Å². The second-order valence-electron chi connectivity index (χ2n) is 6.20. The summed E-state index contributed by atoms with van der Waals surface area (Å²) in [4.78, 5) is 0. The van der Waals surface area contributed by atoms with E-state index < -0.39 is 0 Å². The molecule has 0 aromatic heterocycles. The predicted molar refractivity (Wildman–Crippen MR) is 91.7 cm³/mol. The van der Waals surface area contributed by atoms with Crippen molar-refractivity contribution in [2.75, 3.05) is 0 Å². The second kappa shape index (κ2) is 7.13. The highest BCUT2D eigenvalue weighted by molar-refractivity contribution is 6.20. The van der Waals surface area contributed by atoms with E-state index in [1.165, 1.54) is 48.8 Å². The van der Waals surface area contributed by atoms with Crippen LogP contribution in [0.1, 0.15) is 49.5 Å². The first-order valence-electron chi connectivity index (χ1n) is 8.12. The zero-order valence-electron chi connectivity index (χ0n) is 12.5. The van der Waals surface area contributed by atoms with Gasteiger partial charge in [0.25, 0.3) is 0 Å². The van der Waals surface area contributed by atoms with E-state index in [4.69, 9.17) is 11.6 Å². The number of rotatable bonds is 4. The normalized spacial score (nSPS) is 17.6. The lowest BCUT2D eigenvalue weighted by molar-refractivity contribution is 0.336. The minimum Gasteiger partial charge on any atom is -0.118 e. The molecule has 0 bridgehead atoms. The third-order valence-electron chi connectivity index (χ3n) is 4.64. The molecule has 1 unspecified atom stereocenters. The molecule has 0 nitrogen and oxygen atoms in total. The van der Waals surface area contributed by atoms with Crippen LogP contribution in [0.25, 0.3) is 11.1 Å². The average Bonchev–Trinajstić information content (AvgIpc) is 2.57. The molecule has 1 atom stereocenters. The van der Waals surface area contributed by atoms with Crippen LogP contribution in [0.3, 0.4) is 0 Å². The highest BCUT2D eigenvalue weighted by Crippen LogP contribution is 2.35. The third-order valence-corrected chi connectivity index (χ3v) is 5.07. The van der Waals surface area contributed by atoms with Gasteiger partial charge < -0.3 is 0 Å². The van der Waals surface area contributed by atoms with Gasteiger partial charge in [0.2, 0.25) is 0 Å². The Morgan fingerprint density at radius 3 is 2.10 bits per heavy atom. The Kier molecular flexibility index (Phi) is 4.98. The second-order valence-corrected chi connectivity index (χ2v) is 6.72. The maximum absolute atomic E-state index is 6.64. The Morgan fingerprint density at radius 2 is 1.43 bits per heavy atom. The summed E-state index contributed by atoms with van der Waals surface area (Å²) in [5.41, 5.74) is 3.80. The summed E-state index contributed by atoms with van der Waals surface area (Å²) in [5, 5.41) is 0.165. The van der Waals surface area contributed by atoms with E-state index in [-0.39, 0.29) is 5.38 Å². The molecule has 1 aliphatic rings. The fraction of sp³-hybridized carbons (Fsp3) is 0.400. The summed E-state index contributed by atoms with van der Waals surface area (Å²) in [6, 6.07) is 19.3. The van der Waals surface area contributed by atoms with E-state index in [1.54, 1.807) is 0 Å². The first-order chi connectivity index (χ1) is 10.3. The van der Waals surface area contributed by atoms with E-state index >= 15 is 0 Å². The summed E-state index contributed by atoms with van der Waals surface area (Å²) in [7, 11) is 0. The Hall–Kier alpha value is -1.27. The molecular weight excluding hydrogens is 276 g/mol. The number of benzene rings is 2. The Balaban J connectivity index is 1.66. The molecule has 1 heteroatoms. The topological polar surface area (TPSA) is 0 Å². The van der Waals surface area contributed by atoms with Gasteiger partial charge in [-0.3, -0.25) is 0 Å². The van der Waals surface area contributed by atoms with E-state index in [2.05, 4.69) is 54.6 Å². The summed E-state index contributed by atoms with van der Waals surface area (Å²) < 4.78 is 0. The molecule has 2 aromatic rings. The quantitative estimate of drug-likeness (QED) is 0.557. The van der Waals surface area contributed by atoms with Crippen LogP contribution in [0.15, 0.2) is 54.6 Å². The van der Waals surface area contributed by atoms with E-state index in [9.17, 15) is 0 Å². The summed E-state index contributed by atoms with van der Waals surface area (Å²) in [5.74, 6) is 0.829. The summed E-state index contributed by atoms with van der Waals surface area (Å²) in [6.07, 6.45) is 8.06. The van der Waals surface area contributed by atoms with Gasteiger partial charge in [0.1, 0.15) is 0 Å². The van der Waals surface area contributed by atoms with Gasteiger partial charge in [-0.15, -0.1) is 11.6 Å². The van der Waals surface area contributed by atoms with Crippen LogP contribution in [-0.4, -0.2) is 0 Å². The van der Waals surface area contributed by atoms with Crippen molar-refractivity contribution >= 4 is 11.6 Å². The zero-order valence-corrected chi connectivity index (χ0v) is 13.2. The van der Waals surface area contributed by atoms with Crippen LogP contribution in [0.2, 0.25) is 0 Å². The Labute approximate surface area is 133 Å². The van der Waals surface area contributed by atoms with Gasteiger partial charge in [0, 0.05) is 0 Å². The van der Waals surface area contributed by atoms with Gasteiger partial charge in [0.05, 0.1) is 5.38 Å². The van der Waals surface area contributed by atoms with Crippen molar-refractivity contribution in [3.8, 4) is 11.1 Å². The van der Waals surface area contributed by atoms with Gasteiger partial charge in [-0.25, -0.2) is 0 Å². The summed E-state index contributed by atoms with van der Waals surface area (Å²) in [6.45, 7) is 0. The first-order valence-corrected chi connectivity index (χ1v) is 8.56. The molecule has 0 aliphatic heterocycles. The molecule has 1 aliphatic carbocycles. The molecule has 2 aromatic carbocycles. The minimum absolute atomic E-state index is 0.165. The van der Waals surface area contributed by atoms with Crippen molar-refractivity contribution < 1.29 is 0 Å². The van der Waals surface area contributed by atoms with Crippen molar-refractivity contribution in [3.05, 3.63) is 60.2 Å². The van der Waals surface area contributed by atoms with Crippen molar-refractivity contribution in [3.63, 3.8) is 0 Å². The lowest BCUT2D eigenvalue weighted by Gasteiger charge is -2.23. The van der Waals surface area contributed by atoms with Crippen molar-refractivity contribution in [2.24, 2.45) is 5.92 Å². The molecule has 0 spiro atoms. The minimum atomic E-state index is 0.165. The highest BCUT2D eigenvalue weighted by atomic mass is 35.5. The molecule has 0 N–H and O–H groups in total. The molecule has 0 heterocycles. The number of hydrogen-bond acceptors (Lipinski definition) is 0. The Bertz CT molecular complexity index is 538. The van der Waals surface area contributed by atoms with Gasteiger partial charge in [-0.05, 0) is 29.0 Å². The SMILES string of the molecule is ClC(CC1CCCCC1)c1ccc(-c2ccccc2)cc1. The van der Waals surface area contributed by atoms with Gasteiger partial charge in [-0.1, -0.05) is 86.7 Å². The summed E-state index contributed by atoms with van der Waals surface area (Å²) >= 11 is 6.64. The van der Waals surface area contributed by atoms with Crippen LogP contribution in [-0.2, 0) is 0 Å². The van der Waals surface area contributed by atoms with E-state index in [0.717, 1.165) is 12.3 Å². The standard InChI is InChI=1S/C20H23Cl/c21-20(15-16-7-3-1-4-8-16)19-13-11-18(12-14-19)17-9-5-2-6-10-17/h2,5-6,9-14,16,20H,1,3-4,7-8,15H2. The Morgan fingerprint density at radius 1 is 0.810 bits per heavy atom. The maximum Gasteiger partial charge on any atom is 0.0587 e. The largest absolute Gasteiger partial charge is 0.118 e. The lowest BCUT2D eigenvalue weighted by atomic mass is 9.85. The molecule has 110 valence electrons. The number of hydrogen-bond donors (Lipinski definition) is 0. The molecule has 0 amide bonds. The number of alkyl halides is 1. The molecule has 1 fully saturated rings. The van der Waals surface area contributed by atoms with Crippen LogP contribution in [0, 0.1) is 5.92 Å². The van der Waals surface area contributed by atoms with Crippen LogP contribution in [0.4, 0.5) is 0 Å². The molecule has 0 saturated heterocycles. The molecule has 0 radical (unpaired) electrons. The predicted octanol–water partition coefficient (Wildman–Crippen LogP) is 6.60. The smallest absolute Gasteiger partial charge is 0.0587 e. The van der Waals surface area contributed by atoms with Crippen molar-refractivity contribution in [1.29, 1.82) is 0 Å². The molecule has 3 rings (SSSR count). The first kappa shape index (κ1) is 14.7. The maximum atomic E-state index is 6.64. The van der Waals surface area contributed by atoms with Gasteiger partial charge >= 0.3 is 0 Å². The molecule has 21 heavy (non-hydrogen) atoms. The third kappa shape index (κ3) is 3.89. The van der Waals surface area contributed by atoms with Crippen LogP contribution in [0.5, 0.6) is 0 Å². The lowest BCUT2D eigenvalue weighted by Crippen LogP contribution is -2.08. The van der Waals surface area contributed by atoms with Crippen molar-refractivity contribution in [1.82, 2.24) is 0 Å². The average molecular weight is 299 g/mol. The monoisotopic (exact) mass is 298 g/mol. The van der Waals surface area contributed by atoms with Crippen molar-refractivity contribution in [2.45, 2.75) is 43.9 Å². The molecular formula is C20H23Cl. The molecule has 1 saturated carbocycles. The fourth-order valence-electron chi connectivity index (χ4n) is 3.37. The van der Waals surface area contributed by atoms with E-state index in [0.29, 0.717) is 0 Å². The highest BCUT2D eigenvalue weighted by Gasteiger charge is 2.18. The van der Waals surface area contributed by atoms with Gasteiger partial charge in [-0.2, -0.15) is 0 Å². The van der Waals surface area contributed by atoms with E-state index in [1.807, 2.05) is 0 Å². The number of halogens is 1. The fourth-order valence-corrected chi connectivity index (χ4v) is 3.76.